The first-order chi connectivity index (χ1) is 13.6. The number of hydrogen-bond donors (Lipinski definition) is 1. The van der Waals surface area contributed by atoms with E-state index in [1.54, 1.807) is 24.4 Å². The summed E-state index contributed by atoms with van der Waals surface area (Å²) in [4.78, 5) is 16.8. The Hall–Kier alpha value is -2.93. The molecule has 0 unspecified atom stereocenters. The molecule has 0 aliphatic carbocycles. The van der Waals surface area contributed by atoms with Crippen molar-refractivity contribution in [3.05, 3.63) is 60.4 Å². The zero-order valence-corrected chi connectivity index (χ0v) is 16.5. The number of carbonyl (C=O) groups excluding carboxylic acids is 1. The summed E-state index contributed by atoms with van der Waals surface area (Å²) in [6.45, 7) is 4.55. The van der Waals surface area contributed by atoms with Crippen LogP contribution >= 0.6 is 11.8 Å². The molecule has 0 fully saturated rings. The van der Waals surface area contributed by atoms with Crippen molar-refractivity contribution in [1.82, 2.24) is 9.55 Å². The highest BCUT2D eigenvalue weighted by Gasteiger charge is 2.16. The number of imidazole rings is 1. The molecule has 2 aromatic carbocycles. The molecule has 4 rings (SSSR count). The van der Waals surface area contributed by atoms with Crippen molar-refractivity contribution in [3.8, 4) is 17.2 Å². The standard InChI is InChI=1S/C21H21N3O3S/c1-14(2)16-5-3-4-6-17(16)24-10-9-22-21(24)28-12-20(25)23-15-7-8-18-19(11-15)27-13-26-18/h3-11,14H,12-13H2,1-2H3,(H,23,25). The molecule has 1 N–H and O–H groups in total. The van der Waals surface area contributed by atoms with Gasteiger partial charge in [0.15, 0.2) is 16.7 Å². The van der Waals surface area contributed by atoms with E-state index in [4.69, 9.17) is 9.47 Å². The smallest absolute Gasteiger partial charge is 0.234 e. The molecule has 2 heterocycles. The number of carbonyl (C=O) groups is 1. The highest BCUT2D eigenvalue weighted by Crippen LogP contribution is 2.34. The van der Waals surface area contributed by atoms with Crippen molar-refractivity contribution >= 4 is 23.4 Å². The maximum Gasteiger partial charge on any atom is 0.234 e. The number of ether oxygens (including phenoxy) is 2. The number of para-hydroxylation sites is 1. The lowest BCUT2D eigenvalue weighted by Crippen LogP contribution is -2.14. The lowest BCUT2D eigenvalue weighted by atomic mass is 10.0. The fraction of sp³-hybridized carbons (Fsp3) is 0.238. The zero-order valence-electron chi connectivity index (χ0n) is 15.7. The summed E-state index contributed by atoms with van der Waals surface area (Å²) >= 11 is 1.41. The Morgan fingerprint density at radius 1 is 1.21 bits per heavy atom. The van der Waals surface area contributed by atoms with Gasteiger partial charge >= 0.3 is 0 Å². The average molecular weight is 395 g/mol. The van der Waals surface area contributed by atoms with Crippen molar-refractivity contribution in [2.45, 2.75) is 24.9 Å². The van der Waals surface area contributed by atoms with Crippen LogP contribution < -0.4 is 14.8 Å². The summed E-state index contributed by atoms with van der Waals surface area (Å²) in [7, 11) is 0. The van der Waals surface area contributed by atoms with Crippen molar-refractivity contribution < 1.29 is 14.3 Å². The Labute approximate surface area is 167 Å². The number of amides is 1. The second-order valence-corrected chi connectivity index (χ2v) is 7.64. The molecular formula is C21H21N3O3S. The third-order valence-electron chi connectivity index (χ3n) is 4.41. The molecule has 7 heteroatoms. The van der Waals surface area contributed by atoms with E-state index < -0.39 is 0 Å². The van der Waals surface area contributed by atoms with E-state index in [1.165, 1.54) is 17.3 Å². The molecule has 0 bridgehead atoms. The quantitative estimate of drug-likeness (QED) is 0.625. The zero-order chi connectivity index (χ0) is 19.5. The molecule has 1 aromatic heterocycles. The van der Waals surface area contributed by atoms with Gasteiger partial charge in [0.1, 0.15) is 0 Å². The molecule has 1 aliphatic heterocycles. The number of thioether (sulfide) groups is 1. The third-order valence-corrected chi connectivity index (χ3v) is 5.38. The van der Waals surface area contributed by atoms with E-state index in [-0.39, 0.29) is 18.5 Å². The van der Waals surface area contributed by atoms with E-state index >= 15 is 0 Å². The molecule has 6 nitrogen and oxygen atoms in total. The normalized spacial score (nSPS) is 12.4. The first-order valence-electron chi connectivity index (χ1n) is 9.07. The van der Waals surface area contributed by atoms with Gasteiger partial charge in [-0.15, -0.1) is 0 Å². The molecule has 0 radical (unpaired) electrons. The van der Waals surface area contributed by atoms with Crippen LogP contribution in [-0.4, -0.2) is 28.0 Å². The molecule has 3 aromatic rings. The summed E-state index contributed by atoms with van der Waals surface area (Å²) < 4.78 is 12.7. The number of benzene rings is 2. The van der Waals surface area contributed by atoms with Gasteiger partial charge in [-0.05, 0) is 29.7 Å². The minimum Gasteiger partial charge on any atom is -0.454 e. The maximum absolute atomic E-state index is 12.4. The fourth-order valence-corrected chi connectivity index (χ4v) is 3.84. The summed E-state index contributed by atoms with van der Waals surface area (Å²) in [5.74, 6) is 1.89. The van der Waals surface area contributed by atoms with Crippen LogP contribution in [0.1, 0.15) is 25.3 Å². The topological polar surface area (TPSA) is 65.4 Å². The van der Waals surface area contributed by atoms with Crippen molar-refractivity contribution in [2.75, 3.05) is 17.9 Å². The first-order valence-corrected chi connectivity index (χ1v) is 10.1. The second-order valence-electron chi connectivity index (χ2n) is 6.70. The predicted molar refractivity (Wildman–Crippen MR) is 110 cm³/mol. The molecule has 0 atom stereocenters. The highest BCUT2D eigenvalue weighted by atomic mass is 32.2. The second kappa shape index (κ2) is 7.98. The fourth-order valence-electron chi connectivity index (χ4n) is 3.08. The maximum atomic E-state index is 12.4. The van der Waals surface area contributed by atoms with Crippen molar-refractivity contribution in [2.24, 2.45) is 0 Å². The van der Waals surface area contributed by atoms with Gasteiger partial charge in [-0.3, -0.25) is 9.36 Å². The Morgan fingerprint density at radius 3 is 2.89 bits per heavy atom. The summed E-state index contributed by atoms with van der Waals surface area (Å²) in [6.07, 6.45) is 3.69. The van der Waals surface area contributed by atoms with Crippen LogP contribution in [0.5, 0.6) is 11.5 Å². The van der Waals surface area contributed by atoms with E-state index in [2.05, 4.69) is 36.3 Å². The van der Waals surface area contributed by atoms with Gasteiger partial charge in [-0.1, -0.05) is 43.8 Å². The number of aromatic nitrogens is 2. The van der Waals surface area contributed by atoms with Crippen LogP contribution in [-0.2, 0) is 4.79 Å². The van der Waals surface area contributed by atoms with Gasteiger partial charge in [0.2, 0.25) is 12.7 Å². The number of rotatable bonds is 6. The van der Waals surface area contributed by atoms with E-state index in [0.29, 0.717) is 23.1 Å². The van der Waals surface area contributed by atoms with Gasteiger partial charge in [0.25, 0.3) is 0 Å². The van der Waals surface area contributed by atoms with Crippen LogP contribution in [0, 0.1) is 0 Å². The van der Waals surface area contributed by atoms with Crippen LogP contribution in [0.3, 0.4) is 0 Å². The van der Waals surface area contributed by atoms with Gasteiger partial charge in [-0.2, -0.15) is 0 Å². The van der Waals surface area contributed by atoms with Crippen LogP contribution in [0.4, 0.5) is 5.69 Å². The number of fused-ring (bicyclic) bond motifs is 1. The number of nitrogens with zero attached hydrogens (tertiary/aromatic N) is 2. The number of anilines is 1. The van der Waals surface area contributed by atoms with E-state index in [9.17, 15) is 4.79 Å². The van der Waals surface area contributed by atoms with Crippen molar-refractivity contribution in [3.63, 3.8) is 0 Å². The van der Waals surface area contributed by atoms with Gasteiger partial charge in [-0.25, -0.2) is 4.98 Å². The molecule has 28 heavy (non-hydrogen) atoms. The molecule has 144 valence electrons. The molecular weight excluding hydrogens is 374 g/mol. The Morgan fingerprint density at radius 2 is 2.04 bits per heavy atom. The summed E-state index contributed by atoms with van der Waals surface area (Å²) in [5, 5.41) is 3.68. The SMILES string of the molecule is CC(C)c1ccccc1-n1ccnc1SCC(=O)Nc1ccc2c(c1)OCO2. The summed E-state index contributed by atoms with van der Waals surface area (Å²) in [6, 6.07) is 13.6. The van der Waals surface area contributed by atoms with Crippen LogP contribution in [0.2, 0.25) is 0 Å². The van der Waals surface area contributed by atoms with E-state index in [1.807, 2.05) is 22.9 Å². The average Bonchev–Trinajstić information content (AvgIpc) is 3.35. The third kappa shape index (κ3) is 3.84. The molecule has 0 saturated heterocycles. The number of nitrogens with one attached hydrogen (secondary N) is 1. The molecule has 1 amide bonds. The minimum absolute atomic E-state index is 0.101. The summed E-state index contributed by atoms with van der Waals surface area (Å²) in [5.41, 5.74) is 3.02. The largest absolute Gasteiger partial charge is 0.454 e. The van der Waals surface area contributed by atoms with Crippen LogP contribution in [0.25, 0.3) is 5.69 Å². The van der Waals surface area contributed by atoms with Gasteiger partial charge in [0.05, 0.1) is 11.4 Å². The Balaban J connectivity index is 1.44. The Kier molecular flexibility index (Phi) is 5.25. The molecule has 0 saturated carbocycles. The number of hydrogen-bond acceptors (Lipinski definition) is 5. The molecule has 0 spiro atoms. The lowest BCUT2D eigenvalue weighted by molar-refractivity contribution is -0.113. The van der Waals surface area contributed by atoms with Crippen LogP contribution in [0.15, 0.2) is 60.0 Å². The van der Waals surface area contributed by atoms with Gasteiger partial charge in [0, 0.05) is 24.1 Å². The monoisotopic (exact) mass is 395 g/mol. The Bertz CT molecular complexity index is 1000. The predicted octanol–water partition coefficient (Wildman–Crippen LogP) is 4.46. The van der Waals surface area contributed by atoms with Crippen molar-refractivity contribution in [1.29, 1.82) is 0 Å². The van der Waals surface area contributed by atoms with E-state index in [0.717, 1.165) is 10.8 Å². The minimum atomic E-state index is -0.101. The first kappa shape index (κ1) is 18.4. The lowest BCUT2D eigenvalue weighted by Gasteiger charge is -2.15. The van der Waals surface area contributed by atoms with Gasteiger partial charge < -0.3 is 14.8 Å². The highest BCUT2D eigenvalue weighted by molar-refractivity contribution is 7.99. The molecule has 1 aliphatic rings.